The lowest BCUT2D eigenvalue weighted by Gasteiger charge is -2.34. The molecule has 0 spiro atoms. The Labute approximate surface area is 208 Å². The van der Waals surface area contributed by atoms with Crippen LogP contribution < -0.4 is 5.73 Å². The third-order valence-corrected chi connectivity index (χ3v) is 5.64. The largest absolute Gasteiger partial charge is 0.478 e. The SMILES string of the molecule is CCCCCCCCCC(CCO)C(C)(C)OCN.CN(C)CCO.O=C(O)c1ccccc1. The van der Waals surface area contributed by atoms with E-state index in [1.54, 1.807) is 30.3 Å². The Bertz CT molecular complexity index is 567. The van der Waals surface area contributed by atoms with E-state index in [9.17, 15) is 9.90 Å². The number of nitrogens with zero attached hydrogens (tertiary/aromatic N) is 1. The van der Waals surface area contributed by atoms with Gasteiger partial charge in [-0.15, -0.1) is 0 Å². The summed E-state index contributed by atoms with van der Waals surface area (Å²) in [7, 11) is 3.85. The van der Waals surface area contributed by atoms with Crippen LogP contribution in [0.5, 0.6) is 0 Å². The van der Waals surface area contributed by atoms with Gasteiger partial charge in [0, 0.05) is 13.2 Å². The van der Waals surface area contributed by atoms with Crippen LogP contribution in [0.15, 0.2) is 30.3 Å². The highest BCUT2D eigenvalue weighted by Gasteiger charge is 2.29. The number of carbonyl (C=O) groups is 1. The lowest BCUT2D eigenvalue weighted by Crippen LogP contribution is -2.37. The Kier molecular flexibility index (Phi) is 23.7. The van der Waals surface area contributed by atoms with Crippen LogP contribution in [0.3, 0.4) is 0 Å². The highest BCUT2D eigenvalue weighted by molar-refractivity contribution is 5.87. The van der Waals surface area contributed by atoms with Gasteiger partial charge >= 0.3 is 5.97 Å². The van der Waals surface area contributed by atoms with Crippen LogP contribution in [-0.4, -0.2) is 72.4 Å². The third kappa shape index (κ3) is 21.1. The first-order valence-electron chi connectivity index (χ1n) is 12.6. The van der Waals surface area contributed by atoms with Crippen molar-refractivity contribution in [3.05, 3.63) is 35.9 Å². The zero-order valence-electron chi connectivity index (χ0n) is 22.3. The van der Waals surface area contributed by atoms with Gasteiger partial charge in [-0.3, -0.25) is 0 Å². The van der Waals surface area contributed by atoms with E-state index in [0.717, 1.165) is 19.4 Å². The molecule has 0 aliphatic heterocycles. The Morgan fingerprint density at radius 1 is 0.971 bits per heavy atom. The van der Waals surface area contributed by atoms with Crippen LogP contribution in [0.1, 0.15) is 88.9 Å². The molecule has 1 aromatic rings. The first kappa shape index (κ1) is 34.7. The second kappa shape index (κ2) is 23.2. The number of aromatic carboxylic acids is 1. The van der Waals surface area contributed by atoms with Crippen molar-refractivity contribution in [2.75, 3.05) is 40.6 Å². The molecule has 34 heavy (non-hydrogen) atoms. The van der Waals surface area contributed by atoms with Gasteiger partial charge in [0.25, 0.3) is 0 Å². The second-order valence-corrected chi connectivity index (χ2v) is 9.23. The Balaban J connectivity index is 0. The number of nitrogens with two attached hydrogens (primary N) is 1. The zero-order chi connectivity index (χ0) is 26.2. The number of likely N-dealkylation sites (N-methyl/N-ethyl adjacent to an activating group) is 1. The zero-order valence-corrected chi connectivity index (χ0v) is 22.3. The molecule has 0 amide bonds. The maximum atomic E-state index is 10.2. The number of benzene rings is 1. The number of carboxylic acid groups (broad SMARTS) is 1. The van der Waals surface area contributed by atoms with Gasteiger partial charge < -0.3 is 30.7 Å². The summed E-state index contributed by atoms with van der Waals surface area (Å²) in [6.45, 7) is 7.93. The molecule has 1 aromatic carbocycles. The summed E-state index contributed by atoms with van der Waals surface area (Å²) in [4.78, 5) is 12.1. The van der Waals surface area contributed by atoms with E-state index in [0.29, 0.717) is 11.5 Å². The minimum Gasteiger partial charge on any atom is -0.478 e. The molecule has 0 saturated carbocycles. The molecular formula is C27H52N2O5. The molecule has 200 valence electrons. The van der Waals surface area contributed by atoms with E-state index < -0.39 is 5.97 Å². The lowest BCUT2D eigenvalue weighted by atomic mass is 9.83. The fourth-order valence-corrected chi connectivity index (χ4v) is 3.46. The molecule has 0 heterocycles. The fourth-order valence-electron chi connectivity index (χ4n) is 3.46. The summed E-state index contributed by atoms with van der Waals surface area (Å²) in [5.41, 5.74) is 5.60. The maximum Gasteiger partial charge on any atom is 0.335 e. The second-order valence-electron chi connectivity index (χ2n) is 9.23. The molecule has 0 aliphatic carbocycles. The first-order valence-corrected chi connectivity index (χ1v) is 12.6. The van der Waals surface area contributed by atoms with Crippen LogP contribution in [0.4, 0.5) is 0 Å². The number of ether oxygens (including phenoxy) is 1. The number of aliphatic hydroxyl groups is 2. The van der Waals surface area contributed by atoms with E-state index in [1.165, 1.54) is 44.9 Å². The van der Waals surface area contributed by atoms with Crippen LogP contribution >= 0.6 is 0 Å². The summed E-state index contributed by atoms with van der Waals surface area (Å²) in [6.07, 6.45) is 11.2. The molecular weight excluding hydrogens is 432 g/mol. The predicted molar refractivity (Wildman–Crippen MR) is 141 cm³/mol. The topological polar surface area (TPSA) is 116 Å². The molecule has 0 aromatic heterocycles. The number of hydrogen-bond donors (Lipinski definition) is 4. The number of unbranched alkanes of at least 4 members (excludes halogenated alkanes) is 6. The van der Waals surface area contributed by atoms with Crippen molar-refractivity contribution in [3.8, 4) is 0 Å². The van der Waals surface area contributed by atoms with Crippen molar-refractivity contribution in [2.45, 2.75) is 84.2 Å². The van der Waals surface area contributed by atoms with Gasteiger partial charge in [0.15, 0.2) is 0 Å². The number of hydrogen-bond acceptors (Lipinski definition) is 6. The summed E-state index contributed by atoms with van der Waals surface area (Å²) >= 11 is 0. The van der Waals surface area contributed by atoms with Crippen molar-refractivity contribution in [1.29, 1.82) is 0 Å². The summed E-state index contributed by atoms with van der Waals surface area (Å²) in [5.74, 6) is -0.479. The van der Waals surface area contributed by atoms with Gasteiger partial charge in [0.05, 0.1) is 24.5 Å². The Morgan fingerprint density at radius 3 is 1.91 bits per heavy atom. The van der Waals surface area contributed by atoms with Gasteiger partial charge in [-0.2, -0.15) is 0 Å². The summed E-state index contributed by atoms with van der Waals surface area (Å²) in [5, 5.41) is 25.8. The molecule has 5 N–H and O–H groups in total. The van der Waals surface area contributed by atoms with Crippen molar-refractivity contribution in [1.82, 2.24) is 4.90 Å². The Morgan fingerprint density at radius 2 is 1.53 bits per heavy atom. The molecule has 7 heteroatoms. The minimum atomic E-state index is -0.879. The van der Waals surface area contributed by atoms with E-state index in [2.05, 4.69) is 20.8 Å². The Hall–Kier alpha value is -1.51. The molecule has 1 atom stereocenters. The third-order valence-electron chi connectivity index (χ3n) is 5.64. The normalized spacial score (nSPS) is 11.8. The highest BCUT2D eigenvalue weighted by Crippen LogP contribution is 2.29. The number of aliphatic hydroxyl groups excluding tert-OH is 2. The highest BCUT2D eigenvalue weighted by atomic mass is 16.5. The first-order chi connectivity index (χ1) is 16.2. The van der Waals surface area contributed by atoms with Crippen molar-refractivity contribution < 1.29 is 24.9 Å². The summed E-state index contributed by atoms with van der Waals surface area (Å²) in [6, 6.07) is 8.30. The lowest BCUT2D eigenvalue weighted by molar-refractivity contribution is -0.0663. The quantitative estimate of drug-likeness (QED) is 0.197. The van der Waals surface area contributed by atoms with Crippen LogP contribution in [0.2, 0.25) is 0 Å². The minimum absolute atomic E-state index is 0.223. The molecule has 0 fully saturated rings. The van der Waals surface area contributed by atoms with E-state index in [-0.39, 0.29) is 25.5 Å². The predicted octanol–water partition coefficient (Wildman–Crippen LogP) is 4.76. The van der Waals surface area contributed by atoms with Crippen molar-refractivity contribution in [2.24, 2.45) is 11.7 Å². The fraction of sp³-hybridized carbons (Fsp3) is 0.741. The van der Waals surface area contributed by atoms with Gasteiger partial charge in [-0.05, 0) is 58.8 Å². The smallest absolute Gasteiger partial charge is 0.335 e. The molecule has 0 aliphatic rings. The van der Waals surface area contributed by atoms with Crippen molar-refractivity contribution in [3.63, 3.8) is 0 Å². The molecule has 7 nitrogen and oxygen atoms in total. The molecule has 0 radical (unpaired) electrons. The maximum absolute atomic E-state index is 10.2. The van der Waals surface area contributed by atoms with Gasteiger partial charge in [-0.25, -0.2) is 4.79 Å². The molecule has 0 bridgehead atoms. The van der Waals surface area contributed by atoms with Crippen LogP contribution in [0.25, 0.3) is 0 Å². The summed E-state index contributed by atoms with van der Waals surface area (Å²) < 4.78 is 5.62. The van der Waals surface area contributed by atoms with E-state index in [4.69, 9.17) is 20.7 Å². The van der Waals surface area contributed by atoms with Crippen LogP contribution in [-0.2, 0) is 4.74 Å². The monoisotopic (exact) mass is 484 g/mol. The van der Waals surface area contributed by atoms with E-state index >= 15 is 0 Å². The number of rotatable bonds is 16. The average molecular weight is 485 g/mol. The molecule has 0 saturated heterocycles. The number of carboxylic acids is 1. The standard InChI is InChI=1S/C16H35NO2.C7H6O2.C4H11NO/c1-4-5-6-7-8-9-10-11-15(12-13-18)16(2,3)19-14-17;8-7(9)6-4-2-1-3-5-6;1-5(2)3-4-6/h15,18H,4-14,17H2,1-3H3;1-5H,(H,8,9);6H,3-4H2,1-2H3. The molecule has 1 rings (SSSR count). The van der Waals surface area contributed by atoms with Gasteiger partial charge in [0.2, 0.25) is 0 Å². The van der Waals surface area contributed by atoms with Crippen molar-refractivity contribution >= 4 is 5.97 Å². The van der Waals surface area contributed by atoms with Gasteiger partial charge in [0.1, 0.15) is 0 Å². The average Bonchev–Trinajstić information content (AvgIpc) is 2.79. The van der Waals surface area contributed by atoms with Crippen LogP contribution in [0, 0.1) is 5.92 Å². The van der Waals surface area contributed by atoms with Gasteiger partial charge in [-0.1, -0.05) is 70.1 Å². The van der Waals surface area contributed by atoms with E-state index in [1.807, 2.05) is 19.0 Å². The molecule has 1 unspecified atom stereocenters.